The van der Waals surface area contributed by atoms with Crippen LogP contribution >= 0.6 is 11.6 Å². The monoisotopic (exact) mass is 422 g/mol. The Morgan fingerprint density at radius 1 is 1.26 bits per heavy atom. The second kappa shape index (κ2) is 9.57. The lowest BCUT2D eigenvalue weighted by atomic mass is 10.2. The Hall–Kier alpha value is -2.32. The van der Waals surface area contributed by atoms with E-state index in [9.17, 15) is 22.8 Å². The van der Waals surface area contributed by atoms with Crippen LogP contribution in [0.4, 0.5) is 18.9 Å². The zero-order valence-corrected chi connectivity index (χ0v) is 15.5. The van der Waals surface area contributed by atoms with Crippen LogP contribution in [0.2, 0.25) is 5.02 Å². The number of hydrogen-bond acceptors (Lipinski definition) is 3. The van der Waals surface area contributed by atoms with E-state index < -0.39 is 23.6 Å². The summed E-state index contributed by atoms with van der Waals surface area (Å²) in [5.41, 5.74) is -0.818. The molecule has 0 bridgehead atoms. The molecular weight excluding hydrogens is 408 g/mol. The van der Waals surface area contributed by atoms with E-state index >= 15 is 0 Å². The van der Waals surface area contributed by atoms with E-state index in [0.29, 0.717) is 0 Å². The first-order valence-electron chi connectivity index (χ1n) is 7.53. The van der Waals surface area contributed by atoms with Crippen molar-refractivity contribution in [2.75, 3.05) is 11.9 Å². The summed E-state index contributed by atoms with van der Waals surface area (Å²) in [4.78, 5) is 23.8. The van der Waals surface area contributed by atoms with Crippen molar-refractivity contribution in [3.63, 3.8) is 0 Å². The van der Waals surface area contributed by atoms with E-state index in [0.717, 1.165) is 18.2 Å². The van der Waals surface area contributed by atoms with Gasteiger partial charge < -0.3 is 22.5 Å². The van der Waals surface area contributed by atoms with Gasteiger partial charge in [-0.3, -0.25) is 4.79 Å². The second-order valence-electron chi connectivity index (χ2n) is 5.23. The number of rotatable bonds is 5. The summed E-state index contributed by atoms with van der Waals surface area (Å²) in [6.45, 7) is 1.66. The maximum atomic E-state index is 12.8. The molecule has 0 saturated heterocycles. The number of esters is 1. The predicted octanol–water partition coefficient (Wildman–Crippen LogP) is 0.466. The number of amides is 1. The number of alkyl halides is 3. The Morgan fingerprint density at radius 2 is 1.96 bits per heavy atom. The summed E-state index contributed by atoms with van der Waals surface area (Å²) in [6, 6.07) is 5.73. The highest BCUT2D eigenvalue weighted by Crippen LogP contribution is 2.33. The summed E-state index contributed by atoms with van der Waals surface area (Å²) < 4.78 is 44.6. The fourth-order valence-electron chi connectivity index (χ4n) is 2.11. The van der Waals surface area contributed by atoms with Crippen LogP contribution in [0.15, 0.2) is 42.7 Å². The number of nitrogens with one attached hydrogen (secondary N) is 1. The Morgan fingerprint density at radius 3 is 2.59 bits per heavy atom. The number of nitrogens with zero attached hydrogens (tertiary/aromatic N) is 1. The quantitative estimate of drug-likeness (QED) is 0.562. The molecule has 0 aliphatic carbocycles. The van der Waals surface area contributed by atoms with Crippen LogP contribution in [0.3, 0.4) is 0 Å². The average Bonchev–Trinajstić information content (AvgIpc) is 2.56. The number of anilines is 1. The van der Waals surface area contributed by atoms with Gasteiger partial charge in [-0.1, -0.05) is 11.6 Å². The molecule has 1 aromatic heterocycles. The third kappa shape index (κ3) is 6.41. The fraction of sp³-hybridized carbons (Fsp3) is 0.235. The largest absolute Gasteiger partial charge is 1.00 e. The third-order valence-corrected chi connectivity index (χ3v) is 3.59. The minimum atomic E-state index is -4.55. The first kappa shape index (κ1) is 22.7. The molecule has 0 aliphatic rings. The van der Waals surface area contributed by atoms with Gasteiger partial charge >= 0.3 is 12.1 Å². The number of benzene rings is 1. The topological polar surface area (TPSA) is 59.3 Å². The van der Waals surface area contributed by atoms with Crippen LogP contribution in [0.1, 0.15) is 22.8 Å². The van der Waals surface area contributed by atoms with Crippen LogP contribution in [-0.2, 0) is 22.3 Å². The SMILES string of the molecule is CCOC(=O)c1ccc[n+](CC(=O)Nc2cc(C(F)(F)F)ccc2Cl)c1.[Cl-]. The number of carbonyl (C=O) groups excluding carboxylic acids is 2. The second-order valence-corrected chi connectivity index (χ2v) is 5.63. The van der Waals surface area contributed by atoms with Gasteiger partial charge in [-0.25, -0.2) is 4.79 Å². The maximum absolute atomic E-state index is 12.8. The van der Waals surface area contributed by atoms with E-state index in [1.54, 1.807) is 13.0 Å². The van der Waals surface area contributed by atoms with Crippen molar-refractivity contribution in [2.24, 2.45) is 0 Å². The van der Waals surface area contributed by atoms with Gasteiger partial charge in [0.15, 0.2) is 12.4 Å². The summed E-state index contributed by atoms with van der Waals surface area (Å²) in [6.07, 6.45) is -1.60. The zero-order valence-electron chi connectivity index (χ0n) is 14.0. The van der Waals surface area contributed by atoms with E-state index in [-0.39, 0.29) is 41.8 Å². The first-order valence-corrected chi connectivity index (χ1v) is 7.91. The number of hydrogen-bond donors (Lipinski definition) is 1. The van der Waals surface area contributed by atoms with E-state index in [1.807, 2.05) is 0 Å². The summed E-state index contributed by atoms with van der Waals surface area (Å²) in [7, 11) is 0. The van der Waals surface area contributed by atoms with Crippen molar-refractivity contribution in [2.45, 2.75) is 19.6 Å². The fourth-order valence-corrected chi connectivity index (χ4v) is 2.27. The Labute approximate surface area is 164 Å². The minimum Gasteiger partial charge on any atom is -1.00 e. The van der Waals surface area contributed by atoms with Crippen LogP contribution in [0.25, 0.3) is 0 Å². The number of ether oxygens (including phenoxy) is 1. The molecule has 0 radical (unpaired) electrons. The normalized spacial score (nSPS) is 10.7. The van der Waals surface area contributed by atoms with Crippen molar-refractivity contribution in [3.05, 3.63) is 58.9 Å². The molecule has 0 spiro atoms. The molecular formula is C17H15Cl2F3N2O3. The molecule has 146 valence electrons. The molecule has 2 rings (SSSR count). The molecule has 0 aliphatic heterocycles. The van der Waals surface area contributed by atoms with Gasteiger partial charge in [-0.15, -0.1) is 0 Å². The Balaban J connectivity index is 0.00000364. The summed E-state index contributed by atoms with van der Waals surface area (Å²) in [5.74, 6) is -1.14. The van der Waals surface area contributed by atoms with Crippen LogP contribution < -0.4 is 22.3 Å². The van der Waals surface area contributed by atoms with Crippen molar-refractivity contribution >= 4 is 29.2 Å². The van der Waals surface area contributed by atoms with Crippen molar-refractivity contribution in [3.8, 4) is 0 Å². The third-order valence-electron chi connectivity index (χ3n) is 3.26. The van der Waals surface area contributed by atoms with Gasteiger partial charge in [0.2, 0.25) is 6.54 Å². The number of halogens is 5. The smallest absolute Gasteiger partial charge is 0.416 e. The molecule has 1 amide bonds. The molecule has 1 N–H and O–H groups in total. The van der Waals surface area contributed by atoms with Gasteiger partial charge in [-0.2, -0.15) is 17.7 Å². The standard InChI is InChI=1S/C17H14ClF3N2O3.ClH/c1-2-26-16(25)11-4-3-7-23(9-11)10-15(24)22-14-8-12(17(19,20)21)5-6-13(14)18;/h3-9H,2,10H2,1H3;1H. The highest BCUT2D eigenvalue weighted by atomic mass is 35.5. The lowest BCUT2D eigenvalue weighted by Crippen LogP contribution is -3.00. The molecule has 1 heterocycles. The van der Waals surface area contributed by atoms with Gasteiger partial charge in [-0.05, 0) is 31.2 Å². The number of aromatic nitrogens is 1. The summed E-state index contributed by atoms with van der Waals surface area (Å²) >= 11 is 5.84. The Kier molecular flexibility index (Phi) is 8.05. The van der Waals surface area contributed by atoms with Crippen molar-refractivity contribution in [1.29, 1.82) is 0 Å². The van der Waals surface area contributed by atoms with Crippen molar-refractivity contribution in [1.82, 2.24) is 0 Å². The lowest BCUT2D eigenvalue weighted by molar-refractivity contribution is -0.684. The van der Waals surface area contributed by atoms with Gasteiger partial charge in [0.05, 0.1) is 22.9 Å². The highest BCUT2D eigenvalue weighted by molar-refractivity contribution is 6.33. The van der Waals surface area contributed by atoms with E-state index in [4.69, 9.17) is 16.3 Å². The van der Waals surface area contributed by atoms with Gasteiger partial charge in [0.25, 0.3) is 5.91 Å². The summed E-state index contributed by atoms with van der Waals surface area (Å²) in [5, 5.41) is 2.32. The molecule has 0 saturated carbocycles. The molecule has 1 aromatic carbocycles. The molecule has 5 nitrogen and oxygen atoms in total. The van der Waals surface area contributed by atoms with Crippen LogP contribution in [0, 0.1) is 0 Å². The molecule has 10 heteroatoms. The van der Waals surface area contributed by atoms with E-state index in [1.165, 1.54) is 23.0 Å². The lowest BCUT2D eigenvalue weighted by Gasteiger charge is -2.11. The number of pyridine rings is 1. The van der Waals surface area contributed by atoms with Gasteiger partial charge in [0.1, 0.15) is 5.56 Å². The maximum Gasteiger partial charge on any atom is 0.416 e. The number of carbonyl (C=O) groups is 2. The zero-order chi connectivity index (χ0) is 19.3. The van der Waals surface area contributed by atoms with Crippen LogP contribution in [0.5, 0.6) is 0 Å². The van der Waals surface area contributed by atoms with E-state index in [2.05, 4.69) is 5.32 Å². The average molecular weight is 423 g/mol. The first-order chi connectivity index (χ1) is 12.2. The molecule has 0 unspecified atom stereocenters. The molecule has 2 aromatic rings. The van der Waals surface area contributed by atoms with Crippen molar-refractivity contribution < 1.29 is 44.5 Å². The van der Waals surface area contributed by atoms with Crippen LogP contribution in [-0.4, -0.2) is 18.5 Å². The Bertz CT molecular complexity index is 829. The molecule has 0 atom stereocenters. The minimum absolute atomic E-state index is 0. The van der Waals surface area contributed by atoms with Gasteiger partial charge in [0, 0.05) is 6.07 Å². The predicted molar refractivity (Wildman–Crippen MR) is 87.7 cm³/mol. The highest BCUT2D eigenvalue weighted by Gasteiger charge is 2.31. The molecule has 0 fully saturated rings. The molecule has 27 heavy (non-hydrogen) atoms.